The van der Waals surface area contributed by atoms with Crippen molar-refractivity contribution in [3.05, 3.63) is 0 Å². The van der Waals surface area contributed by atoms with Gasteiger partial charge in [0.15, 0.2) is 9.84 Å². The zero-order chi connectivity index (χ0) is 11.6. The van der Waals surface area contributed by atoms with Crippen molar-refractivity contribution in [2.45, 2.75) is 59.1 Å². The molecule has 86 valence electrons. The predicted molar refractivity (Wildman–Crippen MR) is 62.2 cm³/mol. The molecule has 0 N–H and O–H groups in total. The molecule has 0 rings (SSSR count). The Bertz CT molecular complexity index is 268. The van der Waals surface area contributed by atoms with Gasteiger partial charge in [-0.05, 0) is 25.7 Å². The Morgan fingerprint density at radius 1 is 1.00 bits per heavy atom. The van der Waals surface area contributed by atoms with Crippen LogP contribution in [0.2, 0.25) is 0 Å². The molecule has 2 nitrogen and oxygen atoms in total. The first-order chi connectivity index (χ1) is 6.06. The lowest BCUT2D eigenvalue weighted by atomic mass is 9.83. The maximum absolute atomic E-state index is 12.1. The fraction of sp³-hybridized carbons (Fsp3) is 1.00. The molecule has 0 aliphatic carbocycles. The van der Waals surface area contributed by atoms with Crippen LogP contribution in [0, 0.1) is 5.41 Å². The third-order valence-electron chi connectivity index (χ3n) is 3.35. The Morgan fingerprint density at radius 2 is 1.43 bits per heavy atom. The lowest BCUT2D eigenvalue weighted by Crippen LogP contribution is -2.45. The number of unbranched alkanes of at least 4 members (excludes halogenated alkanes) is 1. The van der Waals surface area contributed by atoms with Crippen molar-refractivity contribution in [2.75, 3.05) is 5.75 Å². The van der Waals surface area contributed by atoms with E-state index >= 15 is 0 Å². The van der Waals surface area contributed by atoms with Crippen LogP contribution in [0.25, 0.3) is 0 Å². The summed E-state index contributed by atoms with van der Waals surface area (Å²) in [7, 11) is -2.98. The molecule has 0 unspecified atom stereocenters. The molecule has 0 amide bonds. The molecule has 0 heterocycles. The first-order valence-corrected chi connectivity index (χ1v) is 6.94. The minimum absolute atomic E-state index is 0.209. The van der Waals surface area contributed by atoms with Gasteiger partial charge < -0.3 is 0 Å². The smallest absolute Gasteiger partial charge is 0.155 e. The molecule has 0 aromatic rings. The lowest BCUT2D eigenvalue weighted by molar-refractivity contribution is 0.302. The molecule has 0 spiro atoms. The molecule has 0 aromatic heterocycles. The van der Waals surface area contributed by atoms with Gasteiger partial charge in [0.05, 0.1) is 10.5 Å². The minimum atomic E-state index is -2.98. The predicted octanol–water partition coefficient (Wildman–Crippen LogP) is 3.03. The van der Waals surface area contributed by atoms with Crippen LogP contribution in [-0.2, 0) is 9.84 Å². The highest BCUT2D eigenvalue weighted by Gasteiger charge is 2.43. The monoisotopic (exact) mass is 220 g/mol. The molecular weight excluding hydrogens is 196 g/mol. The number of hydrogen-bond acceptors (Lipinski definition) is 2. The highest BCUT2D eigenvalue weighted by atomic mass is 32.2. The number of hydrogen-bond donors (Lipinski definition) is 0. The Balaban J connectivity index is 4.90. The van der Waals surface area contributed by atoms with Gasteiger partial charge in [-0.1, -0.05) is 34.1 Å². The molecule has 14 heavy (non-hydrogen) atoms. The van der Waals surface area contributed by atoms with E-state index in [1.54, 1.807) is 0 Å². The van der Waals surface area contributed by atoms with Gasteiger partial charge in [-0.3, -0.25) is 0 Å². The average molecular weight is 220 g/mol. The zero-order valence-electron chi connectivity index (χ0n) is 10.3. The van der Waals surface area contributed by atoms with Gasteiger partial charge in [0.2, 0.25) is 0 Å². The van der Waals surface area contributed by atoms with E-state index in [2.05, 4.69) is 0 Å². The molecular formula is C11H24O2S. The van der Waals surface area contributed by atoms with E-state index in [0.29, 0.717) is 5.75 Å². The maximum atomic E-state index is 12.1. The van der Waals surface area contributed by atoms with Crippen LogP contribution < -0.4 is 0 Å². The van der Waals surface area contributed by atoms with Gasteiger partial charge in [0.1, 0.15) is 0 Å². The Hall–Kier alpha value is -0.0500. The van der Waals surface area contributed by atoms with Gasteiger partial charge in [0.25, 0.3) is 0 Å². The molecule has 0 aliphatic heterocycles. The van der Waals surface area contributed by atoms with Gasteiger partial charge in [-0.2, -0.15) is 0 Å². The van der Waals surface area contributed by atoms with Crippen molar-refractivity contribution in [3.63, 3.8) is 0 Å². The second-order valence-electron chi connectivity index (χ2n) is 5.43. The molecule has 0 aromatic carbocycles. The van der Waals surface area contributed by atoms with Crippen LogP contribution >= 0.6 is 0 Å². The maximum Gasteiger partial charge on any atom is 0.155 e. The highest BCUT2D eigenvalue weighted by molar-refractivity contribution is 7.92. The van der Waals surface area contributed by atoms with E-state index in [1.807, 2.05) is 41.5 Å². The van der Waals surface area contributed by atoms with E-state index in [0.717, 1.165) is 12.8 Å². The van der Waals surface area contributed by atoms with Crippen molar-refractivity contribution in [1.29, 1.82) is 0 Å². The van der Waals surface area contributed by atoms with Crippen molar-refractivity contribution >= 4 is 9.84 Å². The molecule has 0 saturated heterocycles. The fourth-order valence-corrected chi connectivity index (χ4v) is 3.17. The van der Waals surface area contributed by atoms with Crippen LogP contribution in [0.3, 0.4) is 0 Å². The summed E-state index contributed by atoms with van der Waals surface area (Å²) >= 11 is 0. The highest BCUT2D eigenvalue weighted by Crippen LogP contribution is 2.37. The molecule has 0 aliphatic rings. The van der Waals surface area contributed by atoms with Crippen molar-refractivity contribution in [2.24, 2.45) is 5.41 Å². The average Bonchev–Trinajstić information content (AvgIpc) is 1.98. The summed E-state index contributed by atoms with van der Waals surface area (Å²) in [5.74, 6) is 0.313. The summed E-state index contributed by atoms with van der Waals surface area (Å²) in [5, 5.41) is 0. The quantitative estimate of drug-likeness (QED) is 0.730. The summed E-state index contributed by atoms with van der Waals surface area (Å²) in [5.41, 5.74) is -0.209. The van der Waals surface area contributed by atoms with Gasteiger partial charge in [0, 0.05) is 0 Å². The Morgan fingerprint density at radius 3 is 1.71 bits per heavy atom. The van der Waals surface area contributed by atoms with Crippen LogP contribution in [0.4, 0.5) is 0 Å². The molecule has 0 saturated carbocycles. The molecule has 0 radical (unpaired) electrons. The van der Waals surface area contributed by atoms with Crippen LogP contribution in [-0.4, -0.2) is 18.9 Å². The summed E-state index contributed by atoms with van der Waals surface area (Å²) < 4.78 is 23.5. The molecule has 0 bridgehead atoms. The van der Waals surface area contributed by atoms with E-state index in [1.165, 1.54) is 0 Å². The summed E-state index contributed by atoms with van der Waals surface area (Å²) in [6, 6.07) is 0. The number of rotatable bonds is 4. The van der Waals surface area contributed by atoms with Gasteiger partial charge in [-0.25, -0.2) is 8.42 Å². The van der Waals surface area contributed by atoms with Crippen LogP contribution in [0.5, 0.6) is 0 Å². The molecule has 3 heteroatoms. The third kappa shape index (κ3) is 2.72. The van der Waals surface area contributed by atoms with Crippen molar-refractivity contribution < 1.29 is 8.42 Å². The van der Waals surface area contributed by atoms with E-state index in [-0.39, 0.29) is 5.41 Å². The van der Waals surface area contributed by atoms with Gasteiger partial charge >= 0.3 is 0 Å². The van der Waals surface area contributed by atoms with Crippen molar-refractivity contribution in [3.8, 4) is 0 Å². The normalized spacial score (nSPS) is 14.4. The second-order valence-corrected chi connectivity index (χ2v) is 8.09. The van der Waals surface area contributed by atoms with E-state index in [4.69, 9.17) is 0 Å². The second kappa shape index (κ2) is 4.21. The fourth-order valence-electron chi connectivity index (χ4n) is 1.06. The first-order valence-electron chi connectivity index (χ1n) is 5.28. The first kappa shape index (κ1) is 13.9. The Kier molecular flexibility index (Phi) is 4.20. The van der Waals surface area contributed by atoms with Crippen molar-refractivity contribution in [1.82, 2.24) is 0 Å². The van der Waals surface area contributed by atoms with E-state index < -0.39 is 14.6 Å². The van der Waals surface area contributed by atoms with Crippen LogP contribution in [0.15, 0.2) is 0 Å². The van der Waals surface area contributed by atoms with Gasteiger partial charge in [-0.15, -0.1) is 0 Å². The minimum Gasteiger partial charge on any atom is -0.228 e. The summed E-state index contributed by atoms with van der Waals surface area (Å²) in [4.78, 5) is 0. The SMILES string of the molecule is CCCCS(=O)(=O)C(C)(C)C(C)(C)C. The Labute approximate surface area is 89.0 Å². The lowest BCUT2D eigenvalue weighted by Gasteiger charge is -2.38. The van der Waals surface area contributed by atoms with Crippen LogP contribution in [0.1, 0.15) is 54.4 Å². The molecule has 0 fully saturated rings. The topological polar surface area (TPSA) is 34.1 Å². The summed E-state index contributed by atoms with van der Waals surface area (Å²) in [6.45, 7) is 11.6. The standard InChI is InChI=1S/C11H24O2S/c1-7-8-9-14(12,13)11(5,6)10(2,3)4/h7-9H2,1-6H3. The summed E-state index contributed by atoms with van der Waals surface area (Å²) in [6.07, 6.45) is 1.70. The molecule has 0 atom stereocenters. The third-order valence-corrected chi connectivity index (χ3v) is 6.34. The van der Waals surface area contributed by atoms with E-state index in [9.17, 15) is 8.42 Å². The number of sulfone groups is 1. The zero-order valence-corrected chi connectivity index (χ0v) is 11.2. The largest absolute Gasteiger partial charge is 0.228 e.